The number of rotatable bonds is 6. The number of nitrogens with zero attached hydrogens (tertiary/aromatic N) is 4. The normalized spacial score (nSPS) is 12.0. The lowest BCUT2D eigenvalue weighted by molar-refractivity contribution is -0.117. The lowest BCUT2D eigenvalue weighted by Gasteiger charge is -2.18. The lowest BCUT2D eigenvalue weighted by atomic mass is 9.96. The van der Waals surface area contributed by atoms with E-state index in [0.717, 1.165) is 28.8 Å². The van der Waals surface area contributed by atoms with Crippen molar-refractivity contribution in [3.63, 3.8) is 0 Å². The second kappa shape index (κ2) is 7.91. The number of carbonyl (C=O) groups is 1. The second-order valence-corrected chi connectivity index (χ2v) is 6.40. The number of aromatic nitrogens is 4. The average molecular weight is 348 g/mol. The van der Waals surface area contributed by atoms with E-state index in [9.17, 15) is 4.79 Å². The molecule has 6 nitrogen and oxygen atoms in total. The van der Waals surface area contributed by atoms with Gasteiger partial charge in [-0.3, -0.25) is 15.1 Å². The molecule has 0 aliphatic heterocycles. The molecule has 0 unspecified atom stereocenters. The molecule has 0 fully saturated rings. The maximum atomic E-state index is 13.0. The number of anilines is 1. The van der Waals surface area contributed by atoms with E-state index in [4.69, 9.17) is 0 Å². The molecule has 3 rings (SSSR count). The molecule has 1 atom stereocenters. The molecule has 1 amide bonds. The van der Waals surface area contributed by atoms with E-state index < -0.39 is 5.92 Å². The fourth-order valence-electron chi connectivity index (χ4n) is 2.85. The summed E-state index contributed by atoms with van der Waals surface area (Å²) in [5.41, 5.74) is 5.29. The number of benzene rings is 2. The highest BCUT2D eigenvalue weighted by Crippen LogP contribution is 2.23. The van der Waals surface area contributed by atoms with E-state index in [1.54, 1.807) is 0 Å². The zero-order chi connectivity index (χ0) is 18.5. The summed E-state index contributed by atoms with van der Waals surface area (Å²) >= 11 is 0. The number of nitrogens with one attached hydrogen (secondary N) is 1. The molecule has 0 saturated carbocycles. The van der Waals surface area contributed by atoms with Crippen LogP contribution >= 0.6 is 0 Å². The van der Waals surface area contributed by atoms with Gasteiger partial charge in [0.2, 0.25) is 5.91 Å². The van der Waals surface area contributed by atoms with Crippen molar-refractivity contribution in [1.29, 1.82) is 0 Å². The van der Waals surface area contributed by atoms with Crippen molar-refractivity contribution in [2.24, 2.45) is 0 Å². The highest BCUT2D eigenvalue weighted by Gasteiger charge is 2.21. The van der Waals surface area contributed by atoms with E-state index in [1.807, 2.05) is 44.2 Å². The molecule has 0 bridgehead atoms. The Morgan fingerprint density at radius 3 is 2.50 bits per heavy atom. The lowest BCUT2D eigenvalue weighted by Crippen LogP contribution is -2.25. The highest BCUT2D eigenvalue weighted by molar-refractivity contribution is 5.96. The van der Waals surface area contributed by atoms with Gasteiger partial charge in [0.15, 0.2) is 0 Å². The summed E-state index contributed by atoms with van der Waals surface area (Å²) in [6.45, 7) is 6.13. The number of amides is 1. The van der Waals surface area contributed by atoms with Crippen LogP contribution in [0.25, 0.3) is 0 Å². The monoisotopic (exact) mass is 348 g/mol. The molecule has 3 aromatic rings. The minimum absolute atomic E-state index is 0.159. The Hall–Kier alpha value is -3.02. The van der Waals surface area contributed by atoms with Gasteiger partial charge in [-0.1, -0.05) is 43.3 Å². The number of carbonyl (C=O) groups excluding carboxylic acids is 1. The molecule has 0 radical (unpaired) electrons. The Bertz CT molecular complexity index is 872. The molecule has 1 aromatic heterocycles. The molecule has 0 aliphatic rings. The standard InChI is InChI=1S/C20H23N5O/c1-4-15-8-10-16(11-9-15)12-17(19-22-24-25-23-19)20(26)21-18-7-5-6-13(2)14(18)3/h5-11,17H,4,12H2,1-3H3,(H2,21,22,23,24,25,26)/p-1/t17-/m0/s1. The Balaban J connectivity index is 1.83. The van der Waals surface area contributed by atoms with Crippen molar-refractivity contribution >= 4 is 11.6 Å². The smallest absolute Gasteiger partial charge is 0.232 e. The molecule has 134 valence electrons. The first-order chi connectivity index (χ1) is 12.6. The zero-order valence-corrected chi connectivity index (χ0v) is 15.2. The maximum absolute atomic E-state index is 13.0. The maximum Gasteiger partial charge on any atom is 0.232 e. The first kappa shape index (κ1) is 17.8. The Morgan fingerprint density at radius 1 is 1.12 bits per heavy atom. The van der Waals surface area contributed by atoms with Crippen molar-refractivity contribution < 1.29 is 4.79 Å². The summed E-state index contributed by atoms with van der Waals surface area (Å²) in [5, 5.41) is 17.9. The van der Waals surface area contributed by atoms with E-state index in [-0.39, 0.29) is 5.91 Å². The van der Waals surface area contributed by atoms with Gasteiger partial charge in [-0.2, -0.15) is 5.21 Å². The van der Waals surface area contributed by atoms with Gasteiger partial charge in [0.05, 0.1) is 5.92 Å². The van der Waals surface area contributed by atoms with Crippen molar-refractivity contribution in [2.75, 3.05) is 5.32 Å². The second-order valence-electron chi connectivity index (χ2n) is 6.40. The Morgan fingerprint density at radius 2 is 1.85 bits per heavy atom. The average Bonchev–Trinajstić information content (AvgIpc) is 3.18. The molecular formula is C20H22N5O-. The molecule has 26 heavy (non-hydrogen) atoms. The predicted molar refractivity (Wildman–Crippen MR) is 100.0 cm³/mol. The van der Waals surface area contributed by atoms with Crippen LogP contribution in [-0.2, 0) is 17.6 Å². The summed E-state index contributed by atoms with van der Waals surface area (Å²) in [4.78, 5) is 13.0. The van der Waals surface area contributed by atoms with Crippen LogP contribution in [0.3, 0.4) is 0 Å². The van der Waals surface area contributed by atoms with Gasteiger partial charge in [-0.25, -0.2) is 0 Å². The van der Waals surface area contributed by atoms with Gasteiger partial charge >= 0.3 is 0 Å². The van der Waals surface area contributed by atoms with Gasteiger partial charge in [0.25, 0.3) is 0 Å². The molecule has 1 heterocycles. The first-order valence-electron chi connectivity index (χ1n) is 8.72. The Kier molecular flexibility index (Phi) is 5.41. The third kappa shape index (κ3) is 3.96. The van der Waals surface area contributed by atoms with Crippen molar-refractivity contribution in [3.05, 3.63) is 70.5 Å². The summed E-state index contributed by atoms with van der Waals surface area (Å²) in [5.74, 6) is -0.363. The fourth-order valence-corrected chi connectivity index (χ4v) is 2.85. The van der Waals surface area contributed by atoms with E-state index in [1.165, 1.54) is 5.56 Å². The van der Waals surface area contributed by atoms with E-state index >= 15 is 0 Å². The van der Waals surface area contributed by atoms with Gasteiger partial charge in [0, 0.05) is 11.5 Å². The van der Waals surface area contributed by atoms with Gasteiger partial charge in [0.1, 0.15) is 0 Å². The molecule has 0 spiro atoms. The fraction of sp³-hybridized carbons (Fsp3) is 0.300. The van der Waals surface area contributed by atoms with Crippen LogP contribution in [0.1, 0.15) is 40.9 Å². The van der Waals surface area contributed by atoms with E-state index in [0.29, 0.717) is 12.2 Å². The number of tetrazole rings is 1. The Labute approximate surface area is 153 Å². The largest absolute Gasteiger partial charge is 0.335 e. The minimum atomic E-state index is -0.544. The molecule has 2 aromatic carbocycles. The molecule has 1 N–H and O–H groups in total. The molecule has 0 saturated heterocycles. The highest BCUT2D eigenvalue weighted by atomic mass is 16.1. The topological polar surface area (TPSA) is 81.9 Å². The minimum Gasteiger partial charge on any atom is -0.335 e. The van der Waals surface area contributed by atoms with Crippen LogP contribution in [0.4, 0.5) is 5.69 Å². The van der Waals surface area contributed by atoms with E-state index in [2.05, 4.69) is 45.0 Å². The third-order valence-electron chi connectivity index (χ3n) is 4.70. The predicted octanol–water partition coefficient (Wildman–Crippen LogP) is 2.97. The number of hydrogen-bond donors (Lipinski definition) is 1. The van der Waals surface area contributed by atoms with Crippen LogP contribution in [0.5, 0.6) is 0 Å². The first-order valence-corrected chi connectivity index (χ1v) is 8.72. The SMILES string of the molecule is CCc1ccc(C[C@H](C(=O)Nc2cccc(C)c2C)c2nnn[n-]2)cc1. The van der Waals surface area contributed by atoms with Gasteiger partial charge < -0.3 is 10.4 Å². The molecule has 6 heteroatoms. The van der Waals surface area contributed by atoms with Gasteiger partial charge in [-0.05, 0) is 55.0 Å². The van der Waals surface area contributed by atoms with Crippen molar-refractivity contribution in [2.45, 2.75) is 39.5 Å². The van der Waals surface area contributed by atoms with Gasteiger partial charge in [-0.15, -0.1) is 0 Å². The molecular weight excluding hydrogens is 326 g/mol. The summed E-state index contributed by atoms with van der Waals surface area (Å²) in [6, 6.07) is 14.1. The van der Waals surface area contributed by atoms with Crippen molar-refractivity contribution in [1.82, 2.24) is 20.6 Å². The quantitative estimate of drug-likeness (QED) is 0.740. The molecule has 0 aliphatic carbocycles. The van der Waals surface area contributed by atoms with Crippen LogP contribution in [0, 0.1) is 13.8 Å². The van der Waals surface area contributed by atoms with Crippen molar-refractivity contribution in [3.8, 4) is 0 Å². The van der Waals surface area contributed by atoms with Crippen LogP contribution in [0.15, 0.2) is 42.5 Å². The van der Waals surface area contributed by atoms with Crippen LogP contribution in [-0.4, -0.2) is 21.4 Å². The number of aryl methyl sites for hydroxylation is 2. The third-order valence-corrected chi connectivity index (χ3v) is 4.70. The summed E-state index contributed by atoms with van der Waals surface area (Å²) < 4.78 is 0. The number of hydrogen-bond acceptors (Lipinski definition) is 4. The van der Waals surface area contributed by atoms with Crippen LogP contribution in [0.2, 0.25) is 0 Å². The summed E-state index contributed by atoms with van der Waals surface area (Å²) in [7, 11) is 0. The van der Waals surface area contributed by atoms with Crippen LogP contribution < -0.4 is 10.4 Å². The zero-order valence-electron chi connectivity index (χ0n) is 15.2. The summed E-state index contributed by atoms with van der Waals surface area (Å²) in [6.07, 6.45) is 1.48.